The van der Waals surface area contributed by atoms with Crippen LogP contribution in [0.4, 0.5) is 5.82 Å². The van der Waals surface area contributed by atoms with Crippen molar-refractivity contribution in [3.8, 4) is 22.3 Å². The predicted molar refractivity (Wildman–Crippen MR) is 135 cm³/mol. The van der Waals surface area contributed by atoms with Gasteiger partial charge in [-0.2, -0.15) is 10.0 Å². The van der Waals surface area contributed by atoms with Crippen molar-refractivity contribution in [1.29, 1.82) is 0 Å². The van der Waals surface area contributed by atoms with E-state index in [-0.39, 0.29) is 0 Å². The van der Waals surface area contributed by atoms with Gasteiger partial charge in [0.1, 0.15) is 12.1 Å². The fourth-order valence-corrected chi connectivity index (χ4v) is 3.57. The predicted octanol–water partition coefficient (Wildman–Crippen LogP) is 5.45. The topological polar surface area (TPSA) is 64.7 Å². The van der Waals surface area contributed by atoms with Crippen LogP contribution in [0.5, 0.6) is 0 Å². The van der Waals surface area contributed by atoms with Crippen molar-refractivity contribution in [3.05, 3.63) is 83.9 Å². The summed E-state index contributed by atoms with van der Waals surface area (Å²) in [6.07, 6.45) is 14.0. The molecule has 0 aliphatic carbocycles. The van der Waals surface area contributed by atoms with Gasteiger partial charge in [-0.3, -0.25) is 4.98 Å². The van der Waals surface area contributed by atoms with Gasteiger partial charge in [0, 0.05) is 22.7 Å². The van der Waals surface area contributed by atoms with Crippen LogP contribution in [0.3, 0.4) is 0 Å². The number of fused-ring (bicyclic) bond motifs is 1. The maximum Gasteiger partial charge on any atom is 0.134 e. The zero-order valence-electron chi connectivity index (χ0n) is 17.8. The number of hydrogen-bond acceptors (Lipinski definition) is 4. The molecule has 5 heteroatoms. The highest BCUT2D eigenvalue weighted by Crippen LogP contribution is 2.32. The van der Waals surface area contributed by atoms with Crippen molar-refractivity contribution in [2.75, 3.05) is 24.5 Å². The van der Waals surface area contributed by atoms with E-state index in [0.29, 0.717) is 5.82 Å². The number of hydrogen-bond donors (Lipinski definition) is 1. The second kappa shape index (κ2) is 8.63. The van der Waals surface area contributed by atoms with E-state index >= 15 is 0 Å². The molecule has 4 nitrogen and oxygen atoms in total. The standard InChI is InChI=1S/C26H24N4S/c1-31(2,3)15-13-20-7-4-6-19(16-20)9-11-24-22(8-5-14-28-24)21-10-12-25-23(17-21)26(27)30-18-29-25/h4-12,14,16-18H,1-3H3,(H2,27,29,30)/b11-9+. The second-order valence-electron chi connectivity index (χ2n) is 7.95. The molecular formula is C26H24N4S. The van der Waals surface area contributed by atoms with Gasteiger partial charge in [-0.05, 0) is 71.6 Å². The third kappa shape index (κ3) is 5.11. The van der Waals surface area contributed by atoms with Crippen LogP contribution in [0.1, 0.15) is 16.8 Å². The van der Waals surface area contributed by atoms with Crippen molar-refractivity contribution in [2.45, 2.75) is 0 Å². The highest BCUT2D eigenvalue weighted by Gasteiger charge is 2.07. The molecule has 0 aliphatic rings. The fourth-order valence-electron chi connectivity index (χ4n) is 3.15. The number of benzene rings is 2. The molecule has 4 aromatic rings. The van der Waals surface area contributed by atoms with Crippen molar-refractivity contribution in [1.82, 2.24) is 15.0 Å². The fraction of sp³-hybridized carbons (Fsp3) is 0.115. The van der Waals surface area contributed by atoms with Gasteiger partial charge in [-0.25, -0.2) is 9.97 Å². The first kappa shape index (κ1) is 20.6. The highest BCUT2D eigenvalue weighted by atomic mass is 32.3. The molecule has 0 fully saturated rings. The molecule has 0 saturated heterocycles. The molecule has 4 rings (SSSR count). The van der Waals surface area contributed by atoms with Crippen LogP contribution in [-0.2, 0) is 0 Å². The van der Waals surface area contributed by atoms with Gasteiger partial charge < -0.3 is 5.73 Å². The zero-order chi connectivity index (χ0) is 21.8. The lowest BCUT2D eigenvalue weighted by Gasteiger charge is -2.14. The number of nitrogens with two attached hydrogens (primary N) is 1. The SMILES string of the molecule is CS(C)(C)C#Cc1cccc(/C=C/c2ncccc2-c2ccc3ncnc(N)c3c2)c1. The van der Waals surface area contributed by atoms with Crippen LogP contribution < -0.4 is 5.73 Å². The van der Waals surface area contributed by atoms with E-state index in [4.69, 9.17) is 5.73 Å². The molecule has 0 saturated carbocycles. The smallest absolute Gasteiger partial charge is 0.134 e. The summed E-state index contributed by atoms with van der Waals surface area (Å²) < 4.78 is 0. The second-order valence-corrected chi connectivity index (χ2v) is 11.8. The molecular weight excluding hydrogens is 400 g/mol. The maximum absolute atomic E-state index is 6.05. The zero-order valence-corrected chi connectivity index (χ0v) is 18.6. The quantitative estimate of drug-likeness (QED) is 0.444. The summed E-state index contributed by atoms with van der Waals surface area (Å²) >= 11 is 0. The average molecular weight is 425 g/mol. The molecule has 0 radical (unpaired) electrons. The van der Waals surface area contributed by atoms with Gasteiger partial charge in [-0.1, -0.05) is 36.3 Å². The van der Waals surface area contributed by atoms with Gasteiger partial charge in [0.2, 0.25) is 0 Å². The molecule has 0 aliphatic heterocycles. The third-order valence-corrected chi connectivity index (χ3v) is 5.35. The summed E-state index contributed by atoms with van der Waals surface area (Å²) in [5.74, 6) is 3.77. The van der Waals surface area contributed by atoms with Gasteiger partial charge >= 0.3 is 0 Å². The van der Waals surface area contributed by atoms with Crippen LogP contribution in [0, 0.1) is 11.2 Å². The van der Waals surface area contributed by atoms with E-state index < -0.39 is 10.0 Å². The summed E-state index contributed by atoms with van der Waals surface area (Å²) in [6.45, 7) is 0. The third-order valence-electron chi connectivity index (χ3n) is 4.64. The van der Waals surface area contributed by atoms with E-state index in [1.807, 2.05) is 42.5 Å². The molecule has 0 unspecified atom stereocenters. The van der Waals surface area contributed by atoms with E-state index in [2.05, 4.69) is 69.2 Å². The van der Waals surface area contributed by atoms with Gasteiger partial charge in [0.05, 0.1) is 11.2 Å². The molecule has 2 aromatic carbocycles. The van der Waals surface area contributed by atoms with Gasteiger partial charge in [0.15, 0.2) is 0 Å². The Hall–Kier alpha value is -3.62. The Labute approximate surface area is 184 Å². The van der Waals surface area contributed by atoms with Gasteiger partial charge in [-0.15, -0.1) is 0 Å². The first-order valence-corrected chi connectivity index (χ1v) is 12.7. The lowest BCUT2D eigenvalue weighted by atomic mass is 10.0. The lowest BCUT2D eigenvalue weighted by molar-refractivity contribution is 1.23. The number of aromatic nitrogens is 3. The highest BCUT2D eigenvalue weighted by molar-refractivity contribution is 8.35. The van der Waals surface area contributed by atoms with Crippen LogP contribution in [-0.4, -0.2) is 33.7 Å². The molecule has 2 aromatic heterocycles. The largest absolute Gasteiger partial charge is 0.383 e. The van der Waals surface area contributed by atoms with Crippen LogP contribution in [0.2, 0.25) is 0 Å². The maximum atomic E-state index is 6.05. The lowest BCUT2D eigenvalue weighted by Crippen LogP contribution is -1.94. The van der Waals surface area contributed by atoms with Gasteiger partial charge in [0.25, 0.3) is 0 Å². The molecule has 0 bridgehead atoms. The minimum Gasteiger partial charge on any atom is -0.383 e. The number of nitrogens with zero attached hydrogens (tertiary/aromatic N) is 3. The monoisotopic (exact) mass is 424 g/mol. The van der Waals surface area contributed by atoms with Crippen LogP contribution in [0.15, 0.2) is 67.1 Å². The van der Waals surface area contributed by atoms with Crippen molar-refractivity contribution in [3.63, 3.8) is 0 Å². The minimum atomic E-state index is -0.852. The van der Waals surface area contributed by atoms with E-state index in [1.54, 1.807) is 6.20 Å². The number of rotatable bonds is 3. The number of anilines is 1. The molecule has 2 N–H and O–H groups in total. The molecule has 0 atom stereocenters. The summed E-state index contributed by atoms with van der Waals surface area (Å²) in [7, 11) is -0.852. The Kier molecular flexibility index (Phi) is 5.75. The molecule has 2 heterocycles. The normalized spacial score (nSPS) is 12.0. The summed E-state index contributed by atoms with van der Waals surface area (Å²) in [6, 6.07) is 18.3. The molecule has 0 amide bonds. The Bertz CT molecular complexity index is 1340. The van der Waals surface area contributed by atoms with E-state index in [9.17, 15) is 0 Å². The molecule has 0 spiro atoms. The van der Waals surface area contributed by atoms with Crippen LogP contribution in [0.25, 0.3) is 34.2 Å². The Morgan fingerprint density at radius 2 is 1.77 bits per heavy atom. The van der Waals surface area contributed by atoms with Crippen molar-refractivity contribution >= 4 is 38.9 Å². The van der Waals surface area contributed by atoms with E-state index in [1.165, 1.54) is 6.33 Å². The Morgan fingerprint density at radius 1 is 0.903 bits per heavy atom. The van der Waals surface area contributed by atoms with E-state index in [0.717, 1.165) is 38.9 Å². The number of nitrogen functional groups attached to an aromatic ring is 1. The molecule has 154 valence electrons. The summed E-state index contributed by atoms with van der Waals surface area (Å²) in [5, 5.41) is 4.20. The number of pyridine rings is 1. The first-order chi connectivity index (χ1) is 14.9. The Morgan fingerprint density at radius 3 is 2.61 bits per heavy atom. The molecule has 31 heavy (non-hydrogen) atoms. The van der Waals surface area contributed by atoms with Crippen LogP contribution >= 0.6 is 10.0 Å². The summed E-state index contributed by atoms with van der Waals surface area (Å²) in [4.78, 5) is 13.0. The Balaban J connectivity index is 1.68. The van der Waals surface area contributed by atoms with Crippen molar-refractivity contribution in [2.24, 2.45) is 0 Å². The van der Waals surface area contributed by atoms with Crippen molar-refractivity contribution < 1.29 is 0 Å². The summed E-state index contributed by atoms with van der Waals surface area (Å²) in [5.41, 5.74) is 11.9. The average Bonchev–Trinajstić information content (AvgIpc) is 2.76. The minimum absolute atomic E-state index is 0.475. The first-order valence-electron chi connectivity index (χ1n) is 9.84.